The van der Waals surface area contributed by atoms with Gasteiger partial charge in [0.25, 0.3) is 0 Å². The van der Waals surface area contributed by atoms with Crippen molar-refractivity contribution in [1.82, 2.24) is 9.97 Å². The molecule has 0 aromatic carbocycles. The van der Waals surface area contributed by atoms with Gasteiger partial charge in [0, 0.05) is 37.1 Å². The molecule has 2 aromatic heterocycles. The normalized spacial score (nSPS) is 21.5. The molecule has 3 rings (SSSR count). The molecule has 1 aliphatic rings. The average molecular weight is 371 g/mol. The smallest absolute Gasteiger partial charge is 0.223 e. The molecule has 1 aliphatic carbocycles. The average Bonchev–Trinajstić information content (AvgIpc) is 2.38. The van der Waals surface area contributed by atoms with Gasteiger partial charge in [0.1, 0.15) is 11.3 Å². The van der Waals surface area contributed by atoms with Crippen LogP contribution in [0.3, 0.4) is 0 Å². The quantitative estimate of drug-likeness (QED) is 0.831. The van der Waals surface area contributed by atoms with Gasteiger partial charge in [-0.3, -0.25) is 0 Å². The van der Waals surface area contributed by atoms with Gasteiger partial charge in [-0.05, 0) is 25.3 Å². The second-order valence-electron chi connectivity index (χ2n) is 6.75. The van der Waals surface area contributed by atoms with E-state index < -0.39 is 15.4 Å². The third kappa shape index (κ3) is 3.34. The number of pyridine rings is 2. The Morgan fingerprint density at radius 3 is 2.50 bits per heavy atom. The summed E-state index contributed by atoms with van der Waals surface area (Å²) in [6.07, 6.45) is 5.07. The fraction of sp³-hybridized carbons (Fsp3) is 0.500. The molecule has 1 saturated carbocycles. The van der Waals surface area contributed by atoms with Gasteiger partial charge < -0.3 is 9.84 Å². The molecule has 0 spiro atoms. The number of ether oxygens (including phenoxy) is 1. The van der Waals surface area contributed by atoms with E-state index in [0.29, 0.717) is 40.2 Å². The molecule has 2 heterocycles. The lowest BCUT2D eigenvalue weighted by molar-refractivity contribution is 0.0794. The monoisotopic (exact) mass is 370 g/mol. The van der Waals surface area contributed by atoms with Crippen molar-refractivity contribution in [3.05, 3.63) is 29.2 Å². The van der Waals surface area contributed by atoms with E-state index in [1.165, 1.54) is 6.26 Å². The highest BCUT2D eigenvalue weighted by Crippen LogP contribution is 2.36. The molecular weight excluding hydrogens is 352 g/mol. The van der Waals surface area contributed by atoms with Crippen molar-refractivity contribution in [3.8, 4) is 5.88 Å². The Labute approximate surface area is 145 Å². The maximum atomic E-state index is 11.5. The fourth-order valence-corrected chi connectivity index (χ4v) is 4.07. The lowest BCUT2D eigenvalue weighted by Crippen LogP contribution is -2.42. The topological polar surface area (TPSA) is 89.4 Å². The number of fused-ring (bicyclic) bond motifs is 1. The van der Waals surface area contributed by atoms with Crippen LogP contribution in [-0.2, 0) is 15.4 Å². The van der Waals surface area contributed by atoms with Crippen LogP contribution in [0.4, 0.5) is 0 Å². The van der Waals surface area contributed by atoms with Gasteiger partial charge in [0.05, 0.1) is 16.2 Å². The maximum Gasteiger partial charge on any atom is 0.223 e. The minimum absolute atomic E-state index is 0.191. The molecule has 1 fully saturated rings. The summed E-state index contributed by atoms with van der Waals surface area (Å²) >= 11 is 5.99. The highest BCUT2D eigenvalue weighted by Gasteiger charge is 2.38. The first-order valence-electron chi connectivity index (χ1n) is 7.58. The zero-order valence-corrected chi connectivity index (χ0v) is 15.2. The molecule has 1 N–H and O–H groups in total. The first kappa shape index (κ1) is 17.4. The Morgan fingerprint density at radius 1 is 1.25 bits per heavy atom. The summed E-state index contributed by atoms with van der Waals surface area (Å²) in [5, 5.41) is 11.6. The molecule has 130 valence electrons. The molecule has 6 nitrogen and oxygen atoms in total. The molecule has 0 radical (unpaired) electrons. The molecule has 0 amide bonds. The van der Waals surface area contributed by atoms with Crippen LogP contribution in [0.5, 0.6) is 5.88 Å². The van der Waals surface area contributed by atoms with E-state index >= 15 is 0 Å². The number of sulfone groups is 1. The van der Waals surface area contributed by atoms with E-state index in [1.807, 2.05) is 0 Å². The van der Waals surface area contributed by atoms with Crippen LogP contribution in [0.25, 0.3) is 10.8 Å². The summed E-state index contributed by atoms with van der Waals surface area (Å²) in [6, 6.07) is 1.67. The number of hydrogen-bond donors (Lipinski definition) is 1. The molecule has 8 heteroatoms. The van der Waals surface area contributed by atoms with E-state index in [1.54, 1.807) is 32.3 Å². The third-order valence-electron chi connectivity index (χ3n) is 4.30. The number of aromatic nitrogens is 2. The minimum atomic E-state index is -3.03. The second-order valence-corrected chi connectivity index (χ2v) is 9.46. The Hall–Kier alpha value is -1.44. The lowest BCUT2D eigenvalue weighted by atomic mass is 9.94. The summed E-state index contributed by atoms with van der Waals surface area (Å²) in [5.41, 5.74) is -0.469. The molecule has 0 saturated heterocycles. The van der Waals surface area contributed by atoms with E-state index in [2.05, 4.69) is 9.97 Å². The van der Waals surface area contributed by atoms with E-state index in [9.17, 15) is 13.5 Å². The highest BCUT2D eigenvalue weighted by atomic mass is 35.5. The lowest BCUT2D eigenvalue weighted by Gasteiger charge is -2.34. The van der Waals surface area contributed by atoms with E-state index in [4.69, 9.17) is 16.3 Å². The molecule has 0 aliphatic heterocycles. The van der Waals surface area contributed by atoms with Crippen LogP contribution in [-0.4, -0.2) is 41.1 Å². The van der Waals surface area contributed by atoms with Crippen LogP contribution in [0.1, 0.15) is 32.3 Å². The summed E-state index contributed by atoms with van der Waals surface area (Å²) in [4.78, 5) is 8.36. The highest BCUT2D eigenvalue weighted by molar-refractivity contribution is 7.91. The summed E-state index contributed by atoms with van der Waals surface area (Å²) in [5.74, 6) is 0.374. The number of rotatable bonds is 4. The zero-order valence-electron chi connectivity index (χ0n) is 13.7. The largest absolute Gasteiger partial charge is 0.474 e. The predicted molar refractivity (Wildman–Crippen MR) is 92.1 cm³/mol. The van der Waals surface area contributed by atoms with E-state index in [0.717, 1.165) is 0 Å². The SMILES string of the molecule is CC(C)(O)c1cnc(OC2CC(S(C)(=O)=O)C2)c2cnc(Cl)cc12. The van der Waals surface area contributed by atoms with Crippen LogP contribution in [0.2, 0.25) is 5.15 Å². The zero-order chi connectivity index (χ0) is 17.7. The second kappa shape index (κ2) is 5.82. The van der Waals surface area contributed by atoms with E-state index in [-0.39, 0.29) is 11.4 Å². The minimum Gasteiger partial charge on any atom is -0.474 e. The molecule has 2 aromatic rings. The Balaban J connectivity index is 1.93. The molecule has 0 atom stereocenters. The van der Waals surface area contributed by atoms with Crippen LogP contribution in [0, 0.1) is 0 Å². The van der Waals surface area contributed by atoms with Crippen molar-refractivity contribution in [2.24, 2.45) is 0 Å². The van der Waals surface area contributed by atoms with Crippen molar-refractivity contribution >= 4 is 32.2 Å². The Morgan fingerprint density at radius 2 is 1.92 bits per heavy atom. The van der Waals surface area contributed by atoms with Crippen molar-refractivity contribution in [1.29, 1.82) is 0 Å². The predicted octanol–water partition coefficient (Wildman–Crippen LogP) is 2.47. The van der Waals surface area contributed by atoms with Crippen LogP contribution in [0.15, 0.2) is 18.5 Å². The van der Waals surface area contributed by atoms with Gasteiger partial charge in [-0.15, -0.1) is 0 Å². The third-order valence-corrected chi connectivity index (χ3v) is 6.10. The first-order chi connectivity index (χ1) is 11.1. The van der Waals surface area contributed by atoms with Crippen molar-refractivity contribution in [2.45, 2.75) is 43.6 Å². The summed E-state index contributed by atoms with van der Waals surface area (Å²) in [6.45, 7) is 3.34. The standard InChI is InChI=1S/C16H19ClN2O4S/c1-16(2,20)13-8-19-15(12-7-18-14(17)6-11(12)13)23-9-4-10(5-9)24(3,21)22/h6-10,20H,4-5H2,1-3H3. The van der Waals surface area contributed by atoms with Gasteiger partial charge in [0.15, 0.2) is 9.84 Å². The molecule has 0 unspecified atom stereocenters. The number of halogens is 1. The van der Waals surface area contributed by atoms with Gasteiger partial charge in [0.2, 0.25) is 5.88 Å². The van der Waals surface area contributed by atoms with Crippen molar-refractivity contribution in [3.63, 3.8) is 0 Å². The fourth-order valence-electron chi connectivity index (χ4n) is 2.79. The first-order valence-corrected chi connectivity index (χ1v) is 9.91. The van der Waals surface area contributed by atoms with Crippen molar-refractivity contribution in [2.75, 3.05) is 6.26 Å². The summed E-state index contributed by atoms with van der Waals surface area (Å²) in [7, 11) is -3.03. The van der Waals surface area contributed by atoms with Gasteiger partial charge in [-0.25, -0.2) is 18.4 Å². The number of hydrogen-bond acceptors (Lipinski definition) is 6. The van der Waals surface area contributed by atoms with Gasteiger partial charge >= 0.3 is 0 Å². The van der Waals surface area contributed by atoms with Crippen molar-refractivity contribution < 1.29 is 18.3 Å². The Kier molecular flexibility index (Phi) is 4.22. The molecular formula is C16H19ClN2O4S. The van der Waals surface area contributed by atoms with Gasteiger partial charge in [-0.2, -0.15) is 0 Å². The van der Waals surface area contributed by atoms with Crippen LogP contribution < -0.4 is 4.74 Å². The summed E-state index contributed by atoms with van der Waals surface area (Å²) < 4.78 is 28.8. The Bertz CT molecular complexity index is 887. The van der Waals surface area contributed by atoms with Gasteiger partial charge in [-0.1, -0.05) is 11.6 Å². The number of nitrogens with zero attached hydrogens (tertiary/aromatic N) is 2. The molecule has 24 heavy (non-hydrogen) atoms. The number of aliphatic hydroxyl groups is 1. The molecule has 0 bridgehead atoms. The van der Waals surface area contributed by atoms with Crippen LogP contribution >= 0.6 is 11.6 Å². The maximum absolute atomic E-state index is 11.5.